The fraction of sp³-hybridized carbons (Fsp3) is 0.300. The summed E-state index contributed by atoms with van der Waals surface area (Å²) in [4.78, 5) is 14.6. The number of thiophene rings is 1. The van der Waals surface area contributed by atoms with Crippen LogP contribution >= 0.6 is 11.3 Å². The smallest absolute Gasteiger partial charge is 0.254 e. The van der Waals surface area contributed by atoms with Crippen molar-refractivity contribution in [3.63, 3.8) is 0 Å². The van der Waals surface area contributed by atoms with Gasteiger partial charge in [-0.3, -0.25) is 4.79 Å². The fourth-order valence-corrected chi connectivity index (χ4v) is 5.62. The highest BCUT2D eigenvalue weighted by molar-refractivity contribution is 7.15. The number of carbonyl (C=O) groups is 1. The van der Waals surface area contributed by atoms with E-state index in [0.29, 0.717) is 17.7 Å². The summed E-state index contributed by atoms with van der Waals surface area (Å²) in [5.74, 6) is -1.74. The van der Waals surface area contributed by atoms with Crippen molar-refractivity contribution in [1.82, 2.24) is 15.2 Å². The van der Waals surface area contributed by atoms with Gasteiger partial charge in [0.25, 0.3) is 5.91 Å². The molecule has 4 rings (SSSR count). The lowest BCUT2D eigenvalue weighted by Gasteiger charge is -2.25. The van der Waals surface area contributed by atoms with Crippen LogP contribution in [-0.2, 0) is 19.4 Å². The lowest BCUT2D eigenvalue weighted by atomic mass is 9.99. The predicted molar refractivity (Wildman–Crippen MR) is 148 cm³/mol. The van der Waals surface area contributed by atoms with Crippen LogP contribution in [0.15, 0.2) is 67.0 Å². The summed E-state index contributed by atoms with van der Waals surface area (Å²) in [6.45, 7) is 6.68. The standard InChI is InChI=1S/C30H33F2N3O2S/c1-4-21-8-7-9-22(12-21)17-33-18-27(36)26(15-23-13-24(31)16-25(32)14-23)34-29(37)28-19(2)20(3)38-30(28)35-10-5-6-11-35/h5-14,16,26-27,33,36H,4,15,17-18H2,1-3H3,(H,34,37)/t26-,27+/m0/s1. The first-order valence-corrected chi connectivity index (χ1v) is 13.5. The average Bonchev–Trinajstić information content (AvgIpc) is 3.51. The van der Waals surface area contributed by atoms with Gasteiger partial charge in [-0.2, -0.15) is 0 Å². The Morgan fingerprint density at radius 2 is 1.68 bits per heavy atom. The molecule has 8 heteroatoms. The number of aromatic nitrogens is 1. The van der Waals surface area contributed by atoms with E-state index >= 15 is 0 Å². The van der Waals surface area contributed by atoms with Gasteiger partial charge in [0.1, 0.15) is 16.6 Å². The first kappa shape index (κ1) is 27.7. The Kier molecular flexibility index (Phi) is 9.09. The summed E-state index contributed by atoms with van der Waals surface area (Å²) < 4.78 is 29.7. The van der Waals surface area contributed by atoms with Crippen LogP contribution < -0.4 is 10.6 Å². The van der Waals surface area contributed by atoms with E-state index in [1.165, 1.54) is 29.0 Å². The lowest BCUT2D eigenvalue weighted by molar-refractivity contribution is 0.0829. The molecule has 2 atom stereocenters. The molecule has 0 aliphatic rings. The molecule has 2 aromatic heterocycles. The molecule has 0 radical (unpaired) electrons. The second kappa shape index (κ2) is 12.5. The summed E-state index contributed by atoms with van der Waals surface area (Å²) in [7, 11) is 0. The Morgan fingerprint density at radius 1 is 1.00 bits per heavy atom. The average molecular weight is 538 g/mol. The molecular formula is C30H33F2N3O2S. The van der Waals surface area contributed by atoms with Gasteiger partial charge in [-0.05, 0) is 73.2 Å². The number of halogens is 2. The molecular weight excluding hydrogens is 504 g/mol. The number of amides is 1. The molecule has 200 valence electrons. The topological polar surface area (TPSA) is 66.3 Å². The molecule has 0 bridgehead atoms. The van der Waals surface area contributed by atoms with Crippen molar-refractivity contribution >= 4 is 17.2 Å². The molecule has 0 saturated heterocycles. The molecule has 3 N–H and O–H groups in total. The fourth-order valence-electron chi connectivity index (χ4n) is 4.50. The van der Waals surface area contributed by atoms with Crippen molar-refractivity contribution in [3.05, 3.63) is 111 Å². The molecule has 0 unspecified atom stereocenters. The monoisotopic (exact) mass is 537 g/mol. The summed E-state index contributed by atoms with van der Waals surface area (Å²) in [6.07, 6.45) is 3.74. The third kappa shape index (κ3) is 6.75. The molecule has 1 amide bonds. The largest absolute Gasteiger partial charge is 0.390 e. The summed E-state index contributed by atoms with van der Waals surface area (Å²) >= 11 is 1.51. The highest BCUT2D eigenvalue weighted by Gasteiger charge is 2.27. The Bertz CT molecular complexity index is 1360. The Balaban J connectivity index is 1.54. The highest BCUT2D eigenvalue weighted by Crippen LogP contribution is 2.31. The number of nitrogens with one attached hydrogen (secondary N) is 2. The number of nitrogens with zero attached hydrogens (tertiary/aromatic N) is 1. The number of aliphatic hydroxyl groups is 1. The second-order valence-corrected chi connectivity index (χ2v) is 10.7. The van der Waals surface area contributed by atoms with Gasteiger partial charge in [0.2, 0.25) is 0 Å². The Hall–Kier alpha value is -3.33. The molecule has 5 nitrogen and oxygen atoms in total. The van der Waals surface area contributed by atoms with Gasteiger partial charge in [0.15, 0.2) is 0 Å². The Morgan fingerprint density at radius 3 is 2.37 bits per heavy atom. The second-order valence-electron chi connectivity index (χ2n) is 9.49. The number of hydrogen-bond donors (Lipinski definition) is 3. The minimum absolute atomic E-state index is 0.0651. The van der Waals surface area contributed by atoms with E-state index < -0.39 is 23.8 Å². The van der Waals surface area contributed by atoms with E-state index in [2.05, 4.69) is 29.7 Å². The molecule has 38 heavy (non-hydrogen) atoms. The van der Waals surface area contributed by atoms with Crippen LogP contribution in [0.4, 0.5) is 8.78 Å². The van der Waals surface area contributed by atoms with Crippen LogP contribution in [0.3, 0.4) is 0 Å². The van der Waals surface area contributed by atoms with Crippen LogP contribution in [0.5, 0.6) is 0 Å². The zero-order valence-corrected chi connectivity index (χ0v) is 22.6. The maximum atomic E-state index is 13.9. The van der Waals surface area contributed by atoms with Crippen molar-refractivity contribution < 1.29 is 18.7 Å². The number of aryl methyl sites for hydroxylation is 2. The van der Waals surface area contributed by atoms with E-state index in [1.54, 1.807) is 0 Å². The van der Waals surface area contributed by atoms with Gasteiger partial charge in [-0.15, -0.1) is 11.3 Å². The zero-order chi connectivity index (χ0) is 27.2. The number of rotatable bonds is 11. The van der Waals surface area contributed by atoms with Gasteiger partial charge >= 0.3 is 0 Å². The third-order valence-electron chi connectivity index (χ3n) is 6.67. The van der Waals surface area contributed by atoms with Gasteiger partial charge in [-0.1, -0.05) is 31.2 Å². The number of carbonyl (C=O) groups excluding carboxylic acids is 1. The van der Waals surface area contributed by atoms with Crippen molar-refractivity contribution in [2.24, 2.45) is 0 Å². The quantitative estimate of drug-likeness (QED) is 0.237. The first-order chi connectivity index (χ1) is 18.2. The maximum absolute atomic E-state index is 13.9. The highest BCUT2D eigenvalue weighted by atomic mass is 32.1. The van der Waals surface area contributed by atoms with E-state index in [1.807, 2.05) is 55.1 Å². The van der Waals surface area contributed by atoms with Crippen LogP contribution in [0.1, 0.15) is 44.4 Å². The van der Waals surface area contributed by atoms with E-state index in [4.69, 9.17) is 0 Å². The van der Waals surface area contributed by atoms with E-state index in [-0.39, 0.29) is 18.9 Å². The van der Waals surface area contributed by atoms with Crippen molar-refractivity contribution in [2.45, 2.75) is 52.3 Å². The number of benzene rings is 2. The lowest BCUT2D eigenvalue weighted by Crippen LogP contribution is -2.48. The van der Waals surface area contributed by atoms with Crippen LogP contribution in [0, 0.1) is 25.5 Å². The predicted octanol–water partition coefficient (Wildman–Crippen LogP) is 5.49. The van der Waals surface area contributed by atoms with Crippen LogP contribution in [0.2, 0.25) is 0 Å². The molecule has 2 heterocycles. The van der Waals surface area contributed by atoms with Gasteiger partial charge in [-0.25, -0.2) is 8.78 Å². The summed E-state index contributed by atoms with van der Waals surface area (Å²) in [6, 6.07) is 14.4. The normalized spacial score (nSPS) is 12.9. The van der Waals surface area contributed by atoms with Gasteiger partial charge in [0, 0.05) is 36.4 Å². The van der Waals surface area contributed by atoms with E-state index in [0.717, 1.165) is 33.5 Å². The van der Waals surface area contributed by atoms with Gasteiger partial charge < -0.3 is 20.3 Å². The van der Waals surface area contributed by atoms with E-state index in [9.17, 15) is 18.7 Å². The Labute approximate surface area is 226 Å². The van der Waals surface area contributed by atoms with Crippen molar-refractivity contribution in [2.75, 3.05) is 6.54 Å². The number of hydrogen-bond acceptors (Lipinski definition) is 4. The minimum Gasteiger partial charge on any atom is -0.390 e. The first-order valence-electron chi connectivity index (χ1n) is 12.7. The van der Waals surface area contributed by atoms with Crippen LogP contribution in [0.25, 0.3) is 5.00 Å². The van der Waals surface area contributed by atoms with Crippen LogP contribution in [-0.4, -0.2) is 34.3 Å². The molecule has 2 aromatic carbocycles. The maximum Gasteiger partial charge on any atom is 0.254 e. The molecule has 0 aliphatic carbocycles. The number of aliphatic hydroxyl groups excluding tert-OH is 1. The zero-order valence-electron chi connectivity index (χ0n) is 21.8. The molecule has 0 aliphatic heterocycles. The molecule has 0 fully saturated rings. The summed E-state index contributed by atoms with van der Waals surface area (Å²) in [5.41, 5.74) is 4.05. The van der Waals surface area contributed by atoms with Crippen molar-refractivity contribution in [1.29, 1.82) is 0 Å². The van der Waals surface area contributed by atoms with Gasteiger partial charge in [0.05, 0.1) is 17.7 Å². The third-order valence-corrected chi connectivity index (χ3v) is 7.89. The molecule has 0 saturated carbocycles. The molecule has 0 spiro atoms. The van der Waals surface area contributed by atoms with Crippen molar-refractivity contribution in [3.8, 4) is 5.00 Å². The minimum atomic E-state index is -1.00. The SMILES string of the molecule is CCc1cccc(CNC[C@@H](O)[C@H](Cc2cc(F)cc(F)c2)NC(=O)c2c(-n3cccc3)sc(C)c2C)c1. The molecule has 4 aromatic rings. The summed E-state index contributed by atoms with van der Waals surface area (Å²) in [5, 5.41) is 18.1.